The molecule has 0 fully saturated rings. The topological polar surface area (TPSA) is 84.5 Å². The van der Waals surface area contributed by atoms with Gasteiger partial charge in [-0.1, -0.05) is 11.2 Å². The van der Waals surface area contributed by atoms with E-state index < -0.39 is 10.0 Å². The van der Waals surface area contributed by atoms with Crippen molar-refractivity contribution in [3.63, 3.8) is 0 Å². The third-order valence-corrected chi connectivity index (χ3v) is 3.00. The molecule has 1 aromatic carbocycles. The summed E-state index contributed by atoms with van der Waals surface area (Å²) in [7, 11) is -3.39. The first-order valence-corrected chi connectivity index (χ1v) is 6.23. The van der Waals surface area contributed by atoms with Crippen molar-refractivity contribution in [1.82, 2.24) is 9.19 Å². The lowest BCUT2D eigenvalue weighted by molar-refractivity contribution is 0.322. The second-order valence-corrected chi connectivity index (χ2v) is 5.13. The van der Waals surface area contributed by atoms with Crippen LogP contribution < -0.4 is 0 Å². The van der Waals surface area contributed by atoms with E-state index in [9.17, 15) is 8.42 Å². The molecular weight excluding hydrogens is 230 g/mol. The van der Waals surface area contributed by atoms with Crippen molar-refractivity contribution >= 4 is 27.1 Å². The molecule has 0 saturated heterocycles. The number of oxime groups is 1. The van der Waals surface area contributed by atoms with Gasteiger partial charge in [0.25, 0.3) is 10.0 Å². The van der Waals surface area contributed by atoms with E-state index in [1.165, 1.54) is 12.4 Å². The molecule has 0 atom stereocenters. The maximum absolute atomic E-state index is 11.4. The predicted octanol–water partition coefficient (Wildman–Crippen LogP) is 0.652. The van der Waals surface area contributed by atoms with Crippen LogP contribution in [0, 0.1) is 0 Å². The summed E-state index contributed by atoms with van der Waals surface area (Å²) in [6, 6.07) is 4.94. The summed E-state index contributed by atoms with van der Waals surface area (Å²) in [6.07, 6.45) is 3.80. The summed E-state index contributed by atoms with van der Waals surface area (Å²) < 4.78 is 23.7. The Labute approximate surface area is 91.9 Å². The Kier molecular flexibility index (Phi) is 2.39. The lowest BCUT2D eigenvalue weighted by Gasteiger charge is -1.99. The van der Waals surface area contributed by atoms with Crippen LogP contribution in [0.15, 0.2) is 29.6 Å². The summed E-state index contributed by atoms with van der Waals surface area (Å²) in [5.41, 5.74) is 1.17. The molecule has 0 radical (unpaired) electrons. The van der Waals surface area contributed by atoms with Crippen LogP contribution in [0.2, 0.25) is 0 Å². The minimum Gasteiger partial charge on any atom is -0.411 e. The molecule has 1 N–H and O–H groups in total. The summed E-state index contributed by atoms with van der Waals surface area (Å²) in [5, 5.41) is 15.7. The van der Waals surface area contributed by atoms with Crippen LogP contribution in [0.1, 0.15) is 5.56 Å². The summed E-state index contributed by atoms with van der Waals surface area (Å²) in [5.74, 6) is 0. The molecule has 0 amide bonds. The highest BCUT2D eigenvalue weighted by molar-refractivity contribution is 7.89. The molecule has 2 rings (SSSR count). The predicted molar refractivity (Wildman–Crippen MR) is 59.4 cm³/mol. The molecule has 84 valence electrons. The number of nitrogens with zero attached hydrogens (tertiary/aromatic N) is 3. The van der Waals surface area contributed by atoms with Crippen molar-refractivity contribution in [1.29, 1.82) is 0 Å². The molecule has 7 heteroatoms. The van der Waals surface area contributed by atoms with Gasteiger partial charge in [0, 0.05) is 5.39 Å². The minimum atomic E-state index is -3.39. The molecule has 1 heterocycles. The van der Waals surface area contributed by atoms with Crippen LogP contribution in [0.25, 0.3) is 10.9 Å². The lowest BCUT2D eigenvalue weighted by atomic mass is 10.2. The SMILES string of the molecule is CS(=O)(=O)n1ncc2cc(/C=N/O)ccc21. The Morgan fingerprint density at radius 1 is 1.50 bits per heavy atom. The first kappa shape index (κ1) is 10.6. The van der Waals surface area contributed by atoms with Crippen molar-refractivity contribution in [3.05, 3.63) is 30.0 Å². The average molecular weight is 239 g/mol. The quantitative estimate of drug-likeness (QED) is 0.474. The highest BCUT2D eigenvalue weighted by Gasteiger charge is 2.11. The molecule has 0 spiro atoms. The minimum absolute atomic E-state index is 0.498. The Bertz CT molecular complexity index is 658. The Morgan fingerprint density at radius 2 is 2.25 bits per heavy atom. The molecule has 0 bridgehead atoms. The smallest absolute Gasteiger partial charge is 0.251 e. The Hall–Kier alpha value is -1.89. The summed E-state index contributed by atoms with van der Waals surface area (Å²) in [4.78, 5) is 0. The number of benzene rings is 1. The zero-order chi connectivity index (χ0) is 11.8. The zero-order valence-electron chi connectivity index (χ0n) is 8.40. The molecule has 0 unspecified atom stereocenters. The van der Waals surface area contributed by atoms with Crippen LogP contribution in [0.3, 0.4) is 0 Å². The second-order valence-electron chi connectivity index (χ2n) is 3.31. The van der Waals surface area contributed by atoms with Crippen molar-refractivity contribution in [2.45, 2.75) is 0 Å². The first-order chi connectivity index (χ1) is 7.52. The highest BCUT2D eigenvalue weighted by atomic mass is 32.2. The number of hydrogen-bond acceptors (Lipinski definition) is 5. The van der Waals surface area contributed by atoms with E-state index in [-0.39, 0.29) is 0 Å². The van der Waals surface area contributed by atoms with E-state index in [1.54, 1.807) is 18.2 Å². The van der Waals surface area contributed by atoms with Gasteiger partial charge in [-0.25, -0.2) is 8.42 Å². The maximum atomic E-state index is 11.4. The van der Waals surface area contributed by atoms with E-state index in [1.807, 2.05) is 0 Å². The monoisotopic (exact) mass is 239 g/mol. The van der Waals surface area contributed by atoms with Gasteiger partial charge in [0.1, 0.15) is 0 Å². The van der Waals surface area contributed by atoms with Gasteiger partial charge in [0.05, 0.1) is 24.2 Å². The normalized spacial score (nSPS) is 12.6. The van der Waals surface area contributed by atoms with Gasteiger partial charge < -0.3 is 5.21 Å². The second kappa shape index (κ2) is 3.60. The average Bonchev–Trinajstić information content (AvgIpc) is 2.60. The van der Waals surface area contributed by atoms with E-state index in [2.05, 4.69) is 10.3 Å². The van der Waals surface area contributed by atoms with Gasteiger partial charge in [-0.3, -0.25) is 0 Å². The number of aromatic nitrogens is 2. The lowest BCUT2D eigenvalue weighted by Crippen LogP contribution is -2.11. The van der Waals surface area contributed by atoms with Crippen LogP contribution in [0.4, 0.5) is 0 Å². The fourth-order valence-electron chi connectivity index (χ4n) is 1.44. The molecular formula is C9H9N3O3S. The van der Waals surface area contributed by atoms with Gasteiger partial charge >= 0.3 is 0 Å². The standard InChI is InChI=1S/C9H9N3O3S/c1-16(14,15)12-9-3-2-7(5-11-13)4-8(9)6-10-12/h2-6,13H,1H3/b11-5+. The summed E-state index contributed by atoms with van der Waals surface area (Å²) >= 11 is 0. The van der Waals surface area contributed by atoms with E-state index in [0.717, 1.165) is 10.3 Å². The first-order valence-electron chi connectivity index (χ1n) is 4.38. The van der Waals surface area contributed by atoms with Crippen LogP contribution in [-0.4, -0.2) is 35.3 Å². The summed E-state index contributed by atoms with van der Waals surface area (Å²) in [6.45, 7) is 0. The largest absolute Gasteiger partial charge is 0.411 e. The number of rotatable bonds is 2. The van der Waals surface area contributed by atoms with Gasteiger partial charge in [-0.2, -0.15) is 9.19 Å². The number of fused-ring (bicyclic) bond motifs is 1. The third kappa shape index (κ3) is 1.76. The van der Waals surface area contributed by atoms with E-state index in [0.29, 0.717) is 16.5 Å². The van der Waals surface area contributed by atoms with Gasteiger partial charge in [0.15, 0.2) is 0 Å². The maximum Gasteiger partial charge on any atom is 0.251 e. The highest BCUT2D eigenvalue weighted by Crippen LogP contribution is 2.16. The molecule has 1 aromatic heterocycles. The fraction of sp³-hybridized carbons (Fsp3) is 0.111. The molecule has 0 aliphatic heterocycles. The van der Waals surface area contributed by atoms with E-state index >= 15 is 0 Å². The molecule has 0 aliphatic rings. The Balaban J connectivity index is 2.68. The van der Waals surface area contributed by atoms with Crippen molar-refractivity contribution < 1.29 is 13.6 Å². The molecule has 6 nitrogen and oxygen atoms in total. The number of hydrogen-bond donors (Lipinski definition) is 1. The molecule has 2 aromatic rings. The van der Waals surface area contributed by atoms with Crippen LogP contribution in [0.5, 0.6) is 0 Å². The molecule has 0 saturated carbocycles. The van der Waals surface area contributed by atoms with Crippen molar-refractivity contribution in [2.75, 3.05) is 6.26 Å². The van der Waals surface area contributed by atoms with Crippen LogP contribution in [-0.2, 0) is 10.0 Å². The van der Waals surface area contributed by atoms with Gasteiger partial charge in [-0.05, 0) is 17.7 Å². The Morgan fingerprint density at radius 3 is 2.88 bits per heavy atom. The zero-order valence-corrected chi connectivity index (χ0v) is 9.22. The molecule has 0 aliphatic carbocycles. The van der Waals surface area contributed by atoms with Gasteiger partial charge in [-0.15, -0.1) is 0 Å². The van der Waals surface area contributed by atoms with Crippen molar-refractivity contribution in [3.8, 4) is 0 Å². The van der Waals surface area contributed by atoms with Crippen LogP contribution >= 0.6 is 0 Å². The fourth-order valence-corrected chi connectivity index (χ4v) is 2.18. The van der Waals surface area contributed by atoms with Crippen molar-refractivity contribution in [2.24, 2.45) is 5.16 Å². The third-order valence-electron chi connectivity index (χ3n) is 2.08. The molecule has 16 heavy (non-hydrogen) atoms. The van der Waals surface area contributed by atoms with Gasteiger partial charge in [0.2, 0.25) is 0 Å². The van der Waals surface area contributed by atoms with E-state index in [4.69, 9.17) is 5.21 Å².